The standard InChI is InChI=1S/C20H21F3N2.C2H2O4/c1-25(2)11-10-17-13-14-6-3-4-9-18(14)19(24-17)15-7-5-8-16(12-15)20(21,22)23;3-1(4)2(5)6/h3-9,12,17H,10-11,13H2,1-2H3;(H,3,4)(H,5,6). The molecule has 1 atom stereocenters. The Morgan fingerprint density at radius 1 is 1.06 bits per heavy atom. The van der Waals surface area contributed by atoms with Crippen molar-refractivity contribution in [2.75, 3.05) is 20.6 Å². The summed E-state index contributed by atoms with van der Waals surface area (Å²) in [4.78, 5) is 25.1. The molecule has 0 saturated heterocycles. The molecule has 3 rings (SSSR count). The molecule has 0 bridgehead atoms. The van der Waals surface area contributed by atoms with Crippen LogP contribution in [0.2, 0.25) is 0 Å². The van der Waals surface area contributed by atoms with Crippen LogP contribution in [0.25, 0.3) is 0 Å². The molecule has 0 amide bonds. The first-order valence-electron chi connectivity index (χ1n) is 9.43. The molecular weight excluding hydrogens is 413 g/mol. The Balaban J connectivity index is 0.000000501. The molecule has 0 fully saturated rings. The molecule has 1 unspecified atom stereocenters. The van der Waals surface area contributed by atoms with Gasteiger partial charge in [0.1, 0.15) is 0 Å². The second kappa shape index (κ2) is 10.2. The van der Waals surface area contributed by atoms with E-state index in [9.17, 15) is 13.2 Å². The smallest absolute Gasteiger partial charge is 0.416 e. The fourth-order valence-corrected chi connectivity index (χ4v) is 3.13. The number of hydrogen-bond acceptors (Lipinski definition) is 4. The van der Waals surface area contributed by atoms with E-state index < -0.39 is 23.7 Å². The van der Waals surface area contributed by atoms with E-state index in [4.69, 9.17) is 24.8 Å². The van der Waals surface area contributed by atoms with E-state index in [1.165, 1.54) is 12.1 Å². The third-order valence-corrected chi connectivity index (χ3v) is 4.60. The molecule has 0 spiro atoms. The van der Waals surface area contributed by atoms with Crippen LogP contribution >= 0.6 is 0 Å². The Labute approximate surface area is 177 Å². The molecule has 9 heteroatoms. The number of benzene rings is 2. The summed E-state index contributed by atoms with van der Waals surface area (Å²) in [6.45, 7) is 0.895. The molecule has 6 nitrogen and oxygen atoms in total. The van der Waals surface area contributed by atoms with E-state index in [1.54, 1.807) is 6.07 Å². The highest BCUT2D eigenvalue weighted by Gasteiger charge is 2.31. The summed E-state index contributed by atoms with van der Waals surface area (Å²) in [6, 6.07) is 13.4. The fraction of sp³-hybridized carbons (Fsp3) is 0.318. The first kappa shape index (κ1) is 24.1. The average molecular weight is 436 g/mol. The molecule has 0 aromatic heterocycles. The Kier molecular flexibility index (Phi) is 7.93. The third kappa shape index (κ3) is 6.92. The Bertz CT molecular complexity index is 959. The maximum atomic E-state index is 13.1. The molecule has 2 aromatic carbocycles. The summed E-state index contributed by atoms with van der Waals surface area (Å²) < 4.78 is 39.2. The number of alkyl halides is 3. The number of fused-ring (bicyclic) bond motifs is 1. The lowest BCUT2D eigenvalue weighted by molar-refractivity contribution is -0.159. The average Bonchev–Trinajstić information content (AvgIpc) is 2.71. The van der Waals surface area contributed by atoms with Gasteiger partial charge in [0.05, 0.1) is 17.3 Å². The zero-order valence-corrected chi connectivity index (χ0v) is 17.1. The summed E-state index contributed by atoms with van der Waals surface area (Å²) in [5, 5.41) is 14.8. The first-order chi connectivity index (χ1) is 14.5. The molecular formula is C22H23F3N2O4. The van der Waals surface area contributed by atoms with E-state index in [-0.39, 0.29) is 6.04 Å². The Morgan fingerprint density at radius 2 is 1.71 bits per heavy atom. The van der Waals surface area contributed by atoms with Crippen LogP contribution < -0.4 is 0 Å². The second-order valence-electron chi connectivity index (χ2n) is 7.27. The number of carboxylic acids is 2. The van der Waals surface area contributed by atoms with Crippen LogP contribution in [0, 0.1) is 0 Å². The lowest BCUT2D eigenvalue weighted by Crippen LogP contribution is -2.26. The topological polar surface area (TPSA) is 90.2 Å². The van der Waals surface area contributed by atoms with E-state index >= 15 is 0 Å². The number of rotatable bonds is 4. The predicted octanol–water partition coefficient (Wildman–Crippen LogP) is 3.57. The molecule has 0 saturated carbocycles. The molecule has 2 N–H and O–H groups in total. The predicted molar refractivity (Wildman–Crippen MR) is 109 cm³/mol. The van der Waals surface area contributed by atoms with Crippen molar-refractivity contribution in [3.05, 3.63) is 70.8 Å². The molecule has 1 aliphatic heterocycles. The van der Waals surface area contributed by atoms with Crippen molar-refractivity contribution < 1.29 is 33.0 Å². The fourth-order valence-electron chi connectivity index (χ4n) is 3.13. The van der Waals surface area contributed by atoms with Crippen LogP contribution in [0.4, 0.5) is 13.2 Å². The van der Waals surface area contributed by atoms with E-state index in [0.717, 1.165) is 36.6 Å². The van der Waals surface area contributed by atoms with Crippen LogP contribution in [-0.2, 0) is 22.2 Å². The van der Waals surface area contributed by atoms with Gasteiger partial charge in [-0.15, -0.1) is 0 Å². The molecule has 166 valence electrons. The lowest BCUT2D eigenvalue weighted by atomic mass is 9.89. The maximum absolute atomic E-state index is 13.1. The van der Waals surface area contributed by atoms with Gasteiger partial charge in [-0.1, -0.05) is 36.4 Å². The number of hydrogen-bond donors (Lipinski definition) is 2. The van der Waals surface area contributed by atoms with Crippen molar-refractivity contribution >= 4 is 17.7 Å². The normalized spacial score (nSPS) is 15.4. The molecule has 1 aliphatic rings. The molecule has 31 heavy (non-hydrogen) atoms. The Hall–Kier alpha value is -3.20. The van der Waals surface area contributed by atoms with Crippen LogP contribution in [-0.4, -0.2) is 59.4 Å². The van der Waals surface area contributed by atoms with Gasteiger partial charge in [-0.25, -0.2) is 9.59 Å². The minimum absolute atomic E-state index is 0.0850. The van der Waals surface area contributed by atoms with Gasteiger partial charge in [-0.05, 0) is 51.2 Å². The van der Waals surface area contributed by atoms with Crippen molar-refractivity contribution in [1.29, 1.82) is 0 Å². The zero-order chi connectivity index (χ0) is 23.2. The number of aliphatic imine (C=N–C) groups is 1. The van der Waals surface area contributed by atoms with Crippen molar-refractivity contribution in [2.45, 2.75) is 25.1 Å². The molecule has 0 radical (unpaired) electrons. The largest absolute Gasteiger partial charge is 0.473 e. The van der Waals surface area contributed by atoms with Crippen molar-refractivity contribution in [2.24, 2.45) is 4.99 Å². The number of nitrogens with zero attached hydrogens (tertiary/aromatic N) is 2. The maximum Gasteiger partial charge on any atom is 0.416 e. The highest BCUT2D eigenvalue weighted by Crippen LogP contribution is 2.31. The molecule has 1 heterocycles. The van der Waals surface area contributed by atoms with Gasteiger partial charge >= 0.3 is 18.1 Å². The van der Waals surface area contributed by atoms with Crippen molar-refractivity contribution in [3.8, 4) is 0 Å². The van der Waals surface area contributed by atoms with E-state index in [1.807, 2.05) is 38.4 Å². The summed E-state index contributed by atoms with van der Waals surface area (Å²) in [6.07, 6.45) is -2.65. The van der Waals surface area contributed by atoms with Gasteiger partial charge in [0.25, 0.3) is 0 Å². The van der Waals surface area contributed by atoms with Gasteiger partial charge in [0, 0.05) is 11.1 Å². The van der Waals surface area contributed by atoms with Gasteiger partial charge in [-0.3, -0.25) is 4.99 Å². The third-order valence-electron chi connectivity index (χ3n) is 4.60. The minimum atomic E-state index is -4.35. The van der Waals surface area contributed by atoms with Crippen LogP contribution in [0.5, 0.6) is 0 Å². The number of carboxylic acid groups (broad SMARTS) is 2. The van der Waals surface area contributed by atoms with Crippen LogP contribution in [0.1, 0.15) is 28.7 Å². The lowest BCUT2D eigenvalue weighted by Gasteiger charge is -2.25. The summed E-state index contributed by atoms with van der Waals surface area (Å²) in [7, 11) is 4.02. The van der Waals surface area contributed by atoms with Crippen molar-refractivity contribution in [3.63, 3.8) is 0 Å². The number of aliphatic carboxylic acids is 2. The summed E-state index contributed by atoms with van der Waals surface area (Å²) in [5.74, 6) is -3.65. The number of halogens is 3. The quantitative estimate of drug-likeness (QED) is 0.716. The monoisotopic (exact) mass is 436 g/mol. The zero-order valence-electron chi connectivity index (χ0n) is 17.1. The van der Waals surface area contributed by atoms with E-state index in [2.05, 4.69) is 4.90 Å². The van der Waals surface area contributed by atoms with Crippen LogP contribution in [0.15, 0.2) is 53.5 Å². The van der Waals surface area contributed by atoms with Crippen LogP contribution in [0.3, 0.4) is 0 Å². The second-order valence-corrected chi connectivity index (χ2v) is 7.27. The summed E-state index contributed by atoms with van der Waals surface area (Å²) in [5.41, 5.74) is 2.63. The summed E-state index contributed by atoms with van der Waals surface area (Å²) >= 11 is 0. The highest BCUT2D eigenvalue weighted by molar-refractivity contribution is 6.27. The van der Waals surface area contributed by atoms with Gasteiger partial charge in [0.15, 0.2) is 0 Å². The molecule has 2 aromatic rings. The van der Waals surface area contributed by atoms with E-state index in [0.29, 0.717) is 11.3 Å². The SMILES string of the molecule is CN(C)CCC1Cc2ccccc2C(c2cccc(C(F)(F)F)c2)=N1.O=C(O)C(=O)O. The minimum Gasteiger partial charge on any atom is -0.473 e. The Morgan fingerprint density at radius 3 is 2.29 bits per heavy atom. The van der Waals surface area contributed by atoms with Gasteiger partial charge in [0.2, 0.25) is 0 Å². The molecule has 0 aliphatic carbocycles. The number of carbonyl (C=O) groups is 2. The van der Waals surface area contributed by atoms with Gasteiger partial charge < -0.3 is 15.1 Å². The van der Waals surface area contributed by atoms with Gasteiger partial charge in [-0.2, -0.15) is 13.2 Å². The highest BCUT2D eigenvalue weighted by atomic mass is 19.4. The first-order valence-corrected chi connectivity index (χ1v) is 9.43. The van der Waals surface area contributed by atoms with Crippen molar-refractivity contribution in [1.82, 2.24) is 4.90 Å².